The molecule has 2 saturated heterocycles. The molecule has 0 aliphatic carbocycles. The van der Waals surface area contributed by atoms with E-state index in [1.165, 1.54) is 19.3 Å². The monoisotopic (exact) mass is 350 g/mol. The van der Waals surface area contributed by atoms with Gasteiger partial charge in [0.1, 0.15) is 11.5 Å². The number of anilines is 1. The third-order valence-corrected chi connectivity index (χ3v) is 6.55. The number of hydrogen-bond donors (Lipinski definition) is 1. The van der Waals surface area contributed by atoms with Gasteiger partial charge < -0.3 is 19.6 Å². The lowest BCUT2D eigenvalue weighted by atomic mass is 9.81. The minimum Gasteiger partial charge on any atom is -0.507 e. The molecule has 3 aliphatic heterocycles. The summed E-state index contributed by atoms with van der Waals surface area (Å²) >= 11 is 0. The van der Waals surface area contributed by atoms with Crippen molar-refractivity contribution in [3.63, 3.8) is 0 Å². The van der Waals surface area contributed by atoms with Crippen molar-refractivity contribution in [2.75, 3.05) is 11.9 Å². The molecule has 3 heterocycles. The Morgan fingerprint density at radius 2 is 1.62 bits per heavy atom. The van der Waals surface area contributed by atoms with Crippen molar-refractivity contribution in [3.05, 3.63) is 54.1 Å². The maximum atomic E-state index is 10.5. The molecule has 0 amide bonds. The van der Waals surface area contributed by atoms with E-state index in [1.807, 2.05) is 30.3 Å². The average molecular weight is 350 g/mol. The minimum atomic E-state index is -0.247. The van der Waals surface area contributed by atoms with Gasteiger partial charge in [-0.3, -0.25) is 0 Å². The first-order chi connectivity index (χ1) is 12.7. The van der Waals surface area contributed by atoms with Gasteiger partial charge >= 0.3 is 0 Å². The molecule has 4 heteroatoms. The Morgan fingerprint density at radius 1 is 0.923 bits per heavy atom. The molecule has 2 fully saturated rings. The summed E-state index contributed by atoms with van der Waals surface area (Å²) in [6.45, 7) is 0. The second kappa shape index (κ2) is 6.20. The number of hydrogen-bond acceptors (Lipinski definition) is 4. The Balaban J connectivity index is 1.54. The number of para-hydroxylation sites is 3. The van der Waals surface area contributed by atoms with E-state index in [0.717, 1.165) is 29.8 Å². The van der Waals surface area contributed by atoms with E-state index in [9.17, 15) is 5.11 Å². The van der Waals surface area contributed by atoms with Gasteiger partial charge in [-0.15, -0.1) is 0 Å². The van der Waals surface area contributed by atoms with Crippen LogP contribution >= 0.6 is 0 Å². The third kappa shape index (κ3) is 2.47. The Bertz CT molecular complexity index is 794. The second-order valence-corrected chi connectivity index (χ2v) is 7.93. The number of piperidine rings is 2. The first-order valence-electron chi connectivity index (χ1n) is 9.76. The molecular weight excluding hydrogens is 324 g/mol. The predicted molar refractivity (Wildman–Crippen MR) is 103 cm³/mol. The molecule has 0 radical (unpaired) electrons. The van der Waals surface area contributed by atoms with E-state index in [4.69, 9.17) is 4.74 Å². The molecule has 3 atom stereocenters. The van der Waals surface area contributed by atoms with Crippen LogP contribution < -0.4 is 9.64 Å². The third-order valence-electron chi connectivity index (χ3n) is 6.55. The molecule has 5 rings (SSSR count). The quantitative estimate of drug-likeness (QED) is 0.876. The number of fused-ring (bicyclic) bond motifs is 3. The molecule has 2 aromatic carbocycles. The number of aromatic hydroxyl groups is 1. The molecule has 2 bridgehead atoms. The molecule has 3 unspecified atom stereocenters. The summed E-state index contributed by atoms with van der Waals surface area (Å²) in [5.41, 5.74) is 2.01. The summed E-state index contributed by atoms with van der Waals surface area (Å²) in [7, 11) is 2.29. The number of benzene rings is 2. The summed E-state index contributed by atoms with van der Waals surface area (Å²) in [6.07, 6.45) is 6.01. The van der Waals surface area contributed by atoms with Gasteiger partial charge in [-0.2, -0.15) is 0 Å². The van der Waals surface area contributed by atoms with Crippen molar-refractivity contribution < 1.29 is 9.84 Å². The van der Waals surface area contributed by atoms with E-state index in [-0.39, 0.29) is 6.23 Å². The maximum Gasteiger partial charge on any atom is 0.202 e. The van der Waals surface area contributed by atoms with Gasteiger partial charge in [0.15, 0.2) is 0 Å². The highest BCUT2D eigenvalue weighted by molar-refractivity contribution is 5.64. The van der Waals surface area contributed by atoms with E-state index < -0.39 is 0 Å². The van der Waals surface area contributed by atoms with Crippen LogP contribution in [-0.4, -0.2) is 35.2 Å². The standard InChI is InChI=1S/C22H26N2O2/c1-23-15-7-6-8-16(23)14-17(13-15)24-19-10-3-5-12-21(19)26-22(24)18-9-2-4-11-20(18)25/h2-5,9-12,15-17,22,25H,6-8,13-14H2,1H3. The molecule has 136 valence electrons. The van der Waals surface area contributed by atoms with Gasteiger partial charge in [-0.25, -0.2) is 0 Å². The summed E-state index contributed by atoms with van der Waals surface area (Å²) < 4.78 is 6.34. The SMILES string of the molecule is CN1C2CCCC1CC(N1c3ccccc3OC1c1ccccc1O)C2. The van der Waals surface area contributed by atoms with Crippen LogP contribution in [0.2, 0.25) is 0 Å². The van der Waals surface area contributed by atoms with E-state index >= 15 is 0 Å². The van der Waals surface area contributed by atoms with Crippen molar-refractivity contribution in [2.45, 2.75) is 56.5 Å². The van der Waals surface area contributed by atoms with Crippen LogP contribution in [0.15, 0.2) is 48.5 Å². The lowest BCUT2D eigenvalue weighted by Crippen LogP contribution is -2.55. The number of rotatable bonds is 2. The molecule has 4 nitrogen and oxygen atoms in total. The van der Waals surface area contributed by atoms with Gasteiger partial charge in [0.05, 0.1) is 11.3 Å². The zero-order chi connectivity index (χ0) is 17.7. The molecule has 26 heavy (non-hydrogen) atoms. The number of phenols is 1. The lowest BCUT2D eigenvalue weighted by molar-refractivity contribution is 0.0480. The Hall–Kier alpha value is -2.20. The second-order valence-electron chi connectivity index (χ2n) is 7.93. The van der Waals surface area contributed by atoms with Crippen LogP contribution in [0, 0.1) is 0 Å². The first-order valence-corrected chi connectivity index (χ1v) is 9.76. The summed E-state index contributed by atoms with van der Waals surface area (Å²) in [6, 6.07) is 17.6. The molecular formula is C22H26N2O2. The van der Waals surface area contributed by atoms with Crippen LogP contribution in [0.1, 0.15) is 43.9 Å². The van der Waals surface area contributed by atoms with Gasteiger partial charge in [-0.05, 0) is 57.0 Å². The van der Waals surface area contributed by atoms with Crippen molar-refractivity contribution in [1.29, 1.82) is 0 Å². The maximum absolute atomic E-state index is 10.5. The van der Waals surface area contributed by atoms with E-state index in [2.05, 4.69) is 29.0 Å². The topological polar surface area (TPSA) is 35.9 Å². The van der Waals surface area contributed by atoms with Crippen molar-refractivity contribution in [3.8, 4) is 11.5 Å². The van der Waals surface area contributed by atoms with Crippen LogP contribution in [0.3, 0.4) is 0 Å². The highest BCUT2D eigenvalue weighted by Crippen LogP contribution is 2.49. The largest absolute Gasteiger partial charge is 0.507 e. The average Bonchev–Trinajstić information content (AvgIpc) is 3.01. The summed E-state index contributed by atoms with van der Waals surface area (Å²) in [5, 5.41) is 10.5. The highest BCUT2D eigenvalue weighted by atomic mass is 16.5. The van der Waals surface area contributed by atoms with E-state index in [0.29, 0.717) is 23.9 Å². The van der Waals surface area contributed by atoms with Crippen LogP contribution in [0.4, 0.5) is 5.69 Å². The van der Waals surface area contributed by atoms with Gasteiger partial charge in [0.2, 0.25) is 6.23 Å². The van der Waals surface area contributed by atoms with Crippen molar-refractivity contribution >= 4 is 5.69 Å². The van der Waals surface area contributed by atoms with Crippen molar-refractivity contribution in [1.82, 2.24) is 4.90 Å². The number of nitrogens with zero attached hydrogens (tertiary/aromatic N) is 2. The molecule has 0 aromatic heterocycles. The fourth-order valence-corrected chi connectivity index (χ4v) is 5.19. The zero-order valence-electron chi connectivity index (χ0n) is 15.2. The molecule has 3 aliphatic rings. The number of ether oxygens (including phenoxy) is 1. The Morgan fingerprint density at radius 3 is 2.38 bits per heavy atom. The minimum absolute atomic E-state index is 0.247. The highest BCUT2D eigenvalue weighted by Gasteiger charge is 2.44. The predicted octanol–water partition coefficient (Wildman–Crippen LogP) is 4.31. The van der Waals surface area contributed by atoms with Gasteiger partial charge in [0, 0.05) is 18.1 Å². The summed E-state index contributed by atoms with van der Waals surface area (Å²) in [4.78, 5) is 5.03. The zero-order valence-corrected chi connectivity index (χ0v) is 15.2. The Labute approximate surface area is 155 Å². The van der Waals surface area contributed by atoms with Crippen molar-refractivity contribution in [2.24, 2.45) is 0 Å². The normalized spacial score (nSPS) is 30.7. The molecule has 1 N–H and O–H groups in total. The van der Waals surface area contributed by atoms with E-state index in [1.54, 1.807) is 6.07 Å². The Kier molecular flexibility index (Phi) is 3.82. The summed E-state index contributed by atoms with van der Waals surface area (Å²) in [5.74, 6) is 1.23. The van der Waals surface area contributed by atoms with Crippen LogP contribution in [-0.2, 0) is 0 Å². The molecule has 2 aromatic rings. The van der Waals surface area contributed by atoms with Gasteiger partial charge in [0.25, 0.3) is 0 Å². The van der Waals surface area contributed by atoms with Crippen LogP contribution in [0.25, 0.3) is 0 Å². The first kappa shape index (κ1) is 16.0. The van der Waals surface area contributed by atoms with Gasteiger partial charge in [-0.1, -0.05) is 30.7 Å². The lowest BCUT2D eigenvalue weighted by Gasteiger charge is -2.50. The van der Waals surface area contributed by atoms with Crippen LogP contribution in [0.5, 0.6) is 11.5 Å². The smallest absolute Gasteiger partial charge is 0.202 e. The fraction of sp³-hybridized carbons (Fsp3) is 0.455. The fourth-order valence-electron chi connectivity index (χ4n) is 5.19. The number of phenolic OH excluding ortho intramolecular Hbond substituents is 1. The molecule has 0 spiro atoms. The molecule has 0 saturated carbocycles.